The minimum atomic E-state index is 0. The summed E-state index contributed by atoms with van der Waals surface area (Å²) in [5.41, 5.74) is 5.55. The molecule has 0 atom stereocenters. The van der Waals surface area contributed by atoms with Gasteiger partial charge in [-0.05, 0) is 57.1 Å². The highest BCUT2D eigenvalue weighted by molar-refractivity contribution is 6.07. The monoisotopic (exact) mass is 312 g/mol. The molecule has 0 saturated heterocycles. The fourth-order valence-electron chi connectivity index (χ4n) is 3.62. The molecule has 0 radical (unpaired) electrons. The Balaban J connectivity index is 0.00000169. The molecule has 0 heterocycles. The zero-order valence-electron chi connectivity index (χ0n) is 13.6. The lowest BCUT2D eigenvalue weighted by molar-refractivity contribution is 1.15. The first kappa shape index (κ1) is 16.3. The molecule has 0 spiro atoms. The first-order valence-corrected chi connectivity index (χ1v) is 8.29. The van der Waals surface area contributed by atoms with Gasteiger partial charge in [-0.25, -0.2) is 0 Å². The molecule has 4 aromatic carbocycles. The van der Waals surface area contributed by atoms with Crippen LogP contribution in [0.4, 0.5) is 0 Å². The van der Waals surface area contributed by atoms with Crippen molar-refractivity contribution in [2.24, 2.45) is 0 Å². The van der Waals surface area contributed by atoms with Gasteiger partial charge < -0.3 is 0 Å². The molecule has 0 aromatic heterocycles. The maximum atomic E-state index is 2.29. The number of hydrogen-bond donors (Lipinski definition) is 0. The second kappa shape index (κ2) is 6.49. The molecular formula is C24H24. The molecule has 0 N–H and O–H groups in total. The minimum absolute atomic E-state index is 0. The topological polar surface area (TPSA) is 0 Å². The predicted octanol–water partition coefficient (Wildman–Crippen LogP) is 7.17. The van der Waals surface area contributed by atoms with Gasteiger partial charge in [-0.2, -0.15) is 0 Å². The largest absolute Gasteiger partial charge is 0.0776 e. The summed E-state index contributed by atoms with van der Waals surface area (Å²) < 4.78 is 0. The summed E-state index contributed by atoms with van der Waals surface area (Å²) in [6, 6.07) is 26.4. The predicted molar refractivity (Wildman–Crippen MR) is 108 cm³/mol. The van der Waals surface area contributed by atoms with Crippen molar-refractivity contribution in [3.8, 4) is 11.1 Å². The van der Waals surface area contributed by atoms with Crippen molar-refractivity contribution in [3.05, 3.63) is 83.9 Å². The number of fused-ring (bicyclic) bond motifs is 2. The van der Waals surface area contributed by atoms with Gasteiger partial charge in [0.2, 0.25) is 0 Å². The highest BCUT2D eigenvalue weighted by atomic mass is 14.2. The van der Waals surface area contributed by atoms with E-state index in [0.29, 0.717) is 0 Å². The molecule has 0 amide bonds. The van der Waals surface area contributed by atoms with E-state index >= 15 is 0 Å². The Morgan fingerprint density at radius 3 is 1.79 bits per heavy atom. The average molecular weight is 312 g/mol. The lowest BCUT2D eigenvalue weighted by Crippen LogP contribution is -1.93. The lowest BCUT2D eigenvalue weighted by Gasteiger charge is -2.17. The number of benzene rings is 4. The summed E-state index contributed by atoms with van der Waals surface area (Å²) in [5.74, 6) is 0. The van der Waals surface area contributed by atoms with Crippen LogP contribution in [0.2, 0.25) is 0 Å². The van der Waals surface area contributed by atoms with Gasteiger partial charge in [0.15, 0.2) is 0 Å². The number of aryl methyl sites for hydroxylation is 2. The van der Waals surface area contributed by atoms with Crippen molar-refractivity contribution in [1.82, 2.24) is 0 Å². The molecule has 0 fully saturated rings. The summed E-state index contributed by atoms with van der Waals surface area (Å²) in [4.78, 5) is 0. The molecule has 0 aliphatic rings. The van der Waals surface area contributed by atoms with E-state index in [0.717, 1.165) is 6.42 Å². The van der Waals surface area contributed by atoms with Crippen LogP contribution in [0.25, 0.3) is 32.7 Å². The van der Waals surface area contributed by atoms with E-state index in [-0.39, 0.29) is 7.43 Å². The van der Waals surface area contributed by atoms with Crippen LogP contribution in [0.5, 0.6) is 0 Å². The highest BCUT2D eigenvalue weighted by Crippen LogP contribution is 2.38. The van der Waals surface area contributed by atoms with Crippen LogP contribution in [0.1, 0.15) is 25.5 Å². The Morgan fingerprint density at radius 2 is 1.17 bits per heavy atom. The van der Waals surface area contributed by atoms with E-state index in [4.69, 9.17) is 0 Å². The number of hydrogen-bond acceptors (Lipinski definition) is 0. The van der Waals surface area contributed by atoms with Crippen LogP contribution in [0.3, 0.4) is 0 Å². The molecule has 0 nitrogen and oxygen atoms in total. The van der Waals surface area contributed by atoms with Gasteiger partial charge in [-0.3, -0.25) is 0 Å². The van der Waals surface area contributed by atoms with Crippen molar-refractivity contribution in [1.29, 1.82) is 0 Å². The van der Waals surface area contributed by atoms with Crippen LogP contribution in [0.15, 0.2) is 72.8 Å². The SMILES string of the molecule is C.CCc1ccc2ccccc2c1-c1c(C)ccc2ccccc12. The van der Waals surface area contributed by atoms with Gasteiger partial charge in [0.1, 0.15) is 0 Å². The van der Waals surface area contributed by atoms with E-state index in [1.807, 2.05) is 0 Å². The maximum Gasteiger partial charge on any atom is -0.00645 e. The summed E-state index contributed by atoms with van der Waals surface area (Å²) in [5, 5.41) is 5.32. The molecular weight excluding hydrogens is 288 g/mol. The molecule has 0 bridgehead atoms. The first-order chi connectivity index (χ1) is 11.3. The average Bonchev–Trinajstić information content (AvgIpc) is 2.61. The van der Waals surface area contributed by atoms with Gasteiger partial charge in [0.05, 0.1) is 0 Å². The van der Waals surface area contributed by atoms with Crippen molar-refractivity contribution in [2.45, 2.75) is 27.7 Å². The Hall–Kier alpha value is -2.60. The van der Waals surface area contributed by atoms with Crippen molar-refractivity contribution in [3.63, 3.8) is 0 Å². The molecule has 0 unspecified atom stereocenters. The Morgan fingerprint density at radius 1 is 0.625 bits per heavy atom. The number of rotatable bonds is 2. The zero-order chi connectivity index (χ0) is 15.8. The van der Waals surface area contributed by atoms with Gasteiger partial charge in [-0.1, -0.05) is 87.1 Å². The molecule has 0 aliphatic carbocycles. The zero-order valence-corrected chi connectivity index (χ0v) is 13.6. The molecule has 0 aliphatic heterocycles. The lowest BCUT2D eigenvalue weighted by atomic mass is 9.87. The van der Waals surface area contributed by atoms with E-state index in [1.165, 1.54) is 43.8 Å². The Bertz CT molecular complexity index is 1010. The van der Waals surface area contributed by atoms with Crippen LogP contribution >= 0.6 is 0 Å². The molecule has 4 rings (SSSR count). The summed E-state index contributed by atoms with van der Waals surface area (Å²) in [6.45, 7) is 4.47. The maximum absolute atomic E-state index is 2.29. The first-order valence-electron chi connectivity index (χ1n) is 8.29. The van der Waals surface area contributed by atoms with Crippen molar-refractivity contribution in [2.75, 3.05) is 0 Å². The molecule has 0 saturated carbocycles. The van der Waals surface area contributed by atoms with Gasteiger partial charge in [-0.15, -0.1) is 0 Å². The highest BCUT2D eigenvalue weighted by Gasteiger charge is 2.14. The van der Waals surface area contributed by atoms with E-state index in [1.54, 1.807) is 0 Å². The van der Waals surface area contributed by atoms with Crippen LogP contribution in [-0.4, -0.2) is 0 Å². The van der Waals surface area contributed by atoms with Crippen LogP contribution in [-0.2, 0) is 6.42 Å². The fourth-order valence-corrected chi connectivity index (χ4v) is 3.62. The van der Waals surface area contributed by atoms with E-state index < -0.39 is 0 Å². The standard InChI is InChI=1S/C23H20.CH4/c1-3-17-14-15-19-9-5-7-11-21(19)23(17)22-16(2)12-13-18-8-4-6-10-20(18)22;/h4-15H,3H2,1-2H3;1H4. The van der Waals surface area contributed by atoms with Crippen molar-refractivity contribution >= 4 is 21.5 Å². The quantitative estimate of drug-likeness (QED) is 0.368. The van der Waals surface area contributed by atoms with E-state index in [2.05, 4.69) is 86.6 Å². The van der Waals surface area contributed by atoms with Crippen molar-refractivity contribution < 1.29 is 0 Å². The summed E-state index contributed by atoms with van der Waals surface area (Å²) >= 11 is 0. The Kier molecular flexibility index (Phi) is 4.40. The summed E-state index contributed by atoms with van der Waals surface area (Å²) in [7, 11) is 0. The third-order valence-electron chi connectivity index (χ3n) is 4.78. The third kappa shape index (κ3) is 2.49. The Labute approximate surface area is 144 Å². The van der Waals surface area contributed by atoms with Crippen LogP contribution < -0.4 is 0 Å². The molecule has 0 heteroatoms. The second-order valence-electron chi connectivity index (χ2n) is 6.15. The smallest absolute Gasteiger partial charge is 0.00645 e. The molecule has 120 valence electrons. The van der Waals surface area contributed by atoms with Gasteiger partial charge >= 0.3 is 0 Å². The van der Waals surface area contributed by atoms with Gasteiger partial charge in [0, 0.05) is 0 Å². The second-order valence-corrected chi connectivity index (χ2v) is 6.15. The molecule has 4 aromatic rings. The van der Waals surface area contributed by atoms with Crippen LogP contribution in [0, 0.1) is 6.92 Å². The fraction of sp³-hybridized carbons (Fsp3) is 0.167. The molecule has 24 heavy (non-hydrogen) atoms. The normalized spacial score (nSPS) is 10.8. The minimum Gasteiger partial charge on any atom is -0.0776 e. The van der Waals surface area contributed by atoms with Gasteiger partial charge in [0.25, 0.3) is 0 Å². The third-order valence-corrected chi connectivity index (χ3v) is 4.78. The van der Waals surface area contributed by atoms with E-state index in [9.17, 15) is 0 Å². The summed E-state index contributed by atoms with van der Waals surface area (Å²) in [6.07, 6.45) is 1.04.